The van der Waals surface area contributed by atoms with Gasteiger partial charge in [-0.05, 0) is 187 Å². The monoisotopic (exact) mass is 1330 g/mol. The molecule has 0 saturated carbocycles. The molecular formula is C100H74BN3. The first-order valence-corrected chi connectivity index (χ1v) is 36.7. The molecule has 2 aliphatic rings. The highest BCUT2D eigenvalue weighted by molar-refractivity contribution is 7.00. The molecule has 1 aromatic heterocycles. The lowest BCUT2D eigenvalue weighted by molar-refractivity contribution is 0.590. The van der Waals surface area contributed by atoms with E-state index in [-0.39, 0.29) is 17.5 Å². The zero-order valence-corrected chi connectivity index (χ0v) is 59.3. The lowest BCUT2D eigenvalue weighted by Gasteiger charge is -2.46. The minimum Gasteiger partial charge on any atom is -0.310 e. The first-order chi connectivity index (χ1) is 50.9. The van der Waals surface area contributed by atoms with Gasteiger partial charge in [0.25, 0.3) is 6.71 Å². The molecule has 4 heteroatoms. The minimum absolute atomic E-state index is 0.193. The summed E-state index contributed by atoms with van der Waals surface area (Å²) in [5, 5.41) is 12.7. The van der Waals surface area contributed by atoms with Crippen LogP contribution in [0.25, 0.3) is 137 Å². The van der Waals surface area contributed by atoms with E-state index in [0.29, 0.717) is 0 Å². The Kier molecular flexibility index (Phi) is 13.9. The van der Waals surface area contributed by atoms with Crippen LogP contribution < -0.4 is 26.2 Å². The second-order valence-electron chi connectivity index (χ2n) is 30.7. The third kappa shape index (κ3) is 9.58. The Bertz CT molecular complexity index is 6260. The smallest absolute Gasteiger partial charge is 0.252 e. The van der Waals surface area contributed by atoms with Crippen LogP contribution in [0.15, 0.2) is 340 Å². The number of rotatable bonds is 9. The Morgan fingerprint density at radius 3 is 1.14 bits per heavy atom. The first kappa shape index (κ1) is 61.4. The van der Waals surface area contributed by atoms with Gasteiger partial charge in [-0.25, -0.2) is 0 Å². The summed E-state index contributed by atoms with van der Waals surface area (Å²) in [5.41, 5.74) is 29.9. The van der Waals surface area contributed by atoms with E-state index in [1.807, 2.05) is 0 Å². The molecule has 0 radical (unpaired) electrons. The Morgan fingerprint density at radius 1 is 0.250 bits per heavy atom. The Hall–Kier alpha value is -12.5. The van der Waals surface area contributed by atoms with Crippen LogP contribution in [0, 0.1) is 0 Å². The summed E-state index contributed by atoms with van der Waals surface area (Å²) >= 11 is 0. The highest BCUT2D eigenvalue weighted by Gasteiger charge is 2.46. The van der Waals surface area contributed by atoms with Crippen LogP contribution in [0.3, 0.4) is 0 Å². The van der Waals surface area contributed by atoms with Gasteiger partial charge in [0.1, 0.15) is 0 Å². The molecule has 18 aromatic rings. The van der Waals surface area contributed by atoms with Gasteiger partial charge in [-0.1, -0.05) is 321 Å². The number of hydrogen-bond donors (Lipinski definition) is 0. The quantitative estimate of drug-likeness (QED) is 0.0811. The van der Waals surface area contributed by atoms with Gasteiger partial charge in [-0.15, -0.1) is 0 Å². The standard InChI is InChI=1S/C100H74BN3/c1-99(2,3)71-57-82(64-31-14-8-15-32-64)97(83(58-71)65-33-16-9-17-34-65)103-90-54-50-69(63-29-12-7-13-30-63)55-87(90)101-86-53-49-70(74-51-52-81-79-44-27-40-68-39-26-43-78(94(68)79)80-46-28-45-77(74)95(80)81)56-91(86)104(93-62-73(61-92(103)96(93)101)102-88-47-24-22-41-75(88)76-42-23-25-48-89(76)102)98-84(66-35-18-10-19-36-66)59-72(100(4,5)6)60-85(98)67-37-20-11-21-38-67/h7-62H,1-6H3. The molecule has 0 aliphatic carbocycles. The fraction of sp³-hybridized carbons (Fsp3) is 0.0800. The number of hydrogen-bond acceptors (Lipinski definition) is 2. The molecule has 104 heavy (non-hydrogen) atoms. The van der Waals surface area contributed by atoms with Crippen LogP contribution in [0.4, 0.5) is 34.1 Å². The molecule has 17 aromatic carbocycles. The van der Waals surface area contributed by atoms with Crippen molar-refractivity contribution >= 4 is 122 Å². The average molecular weight is 1330 g/mol. The van der Waals surface area contributed by atoms with Crippen LogP contribution in [-0.2, 0) is 10.8 Å². The summed E-state index contributed by atoms with van der Waals surface area (Å²) in [6.07, 6.45) is 0. The van der Waals surface area contributed by atoms with Crippen LogP contribution in [0.2, 0.25) is 0 Å². The van der Waals surface area contributed by atoms with Gasteiger partial charge in [0, 0.05) is 55.8 Å². The first-order valence-electron chi connectivity index (χ1n) is 36.7. The summed E-state index contributed by atoms with van der Waals surface area (Å²) in [5.74, 6) is 0. The molecule has 0 fully saturated rings. The summed E-state index contributed by atoms with van der Waals surface area (Å²) in [6.45, 7) is 13.9. The molecule has 0 spiro atoms. The predicted molar refractivity (Wildman–Crippen MR) is 446 cm³/mol. The van der Waals surface area contributed by atoms with Gasteiger partial charge >= 0.3 is 0 Å². The number of aromatic nitrogens is 1. The largest absolute Gasteiger partial charge is 0.310 e. The van der Waals surface area contributed by atoms with Gasteiger partial charge in [-0.3, -0.25) is 0 Å². The fourth-order valence-corrected chi connectivity index (χ4v) is 17.6. The molecule has 0 amide bonds. The maximum Gasteiger partial charge on any atom is 0.252 e. The fourth-order valence-electron chi connectivity index (χ4n) is 17.6. The molecule has 3 nitrogen and oxygen atoms in total. The van der Waals surface area contributed by atoms with E-state index in [2.05, 4.69) is 396 Å². The summed E-state index contributed by atoms with van der Waals surface area (Å²) < 4.78 is 2.55. The summed E-state index contributed by atoms with van der Waals surface area (Å²) in [7, 11) is 0. The van der Waals surface area contributed by atoms with Crippen molar-refractivity contribution in [3.63, 3.8) is 0 Å². The van der Waals surface area contributed by atoms with E-state index in [1.54, 1.807) is 0 Å². The Morgan fingerprint density at radius 2 is 0.654 bits per heavy atom. The molecule has 0 bridgehead atoms. The molecule has 0 N–H and O–H groups in total. The van der Waals surface area contributed by atoms with Crippen LogP contribution in [0.1, 0.15) is 52.7 Å². The van der Waals surface area contributed by atoms with Gasteiger partial charge < -0.3 is 14.4 Å². The van der Waals surface area contributed by atoms with Crippen LogP contribution in [-0.4, -0.2) is 11.3 Å². The average Bonchev–Trinajstić information content (AvgIpc) is 0.753. The zero-order chi connectivity index (χ0) is 69.7. The summed E-state index contributed by atoms with van der Waals surface area (Å²) in [6, 6.07) is 129. The van der Waals surface area contributed by atoms with E-state index in [4.69, 9.17) is 0 Å². The van der Waals surface area contributed by atoms with Crippen molar-refractivity contribution in [3.05, 3.63) is 351 Å². The van der Waals surface area contributed by atoms with Crippen molar-refractivity contribution in [1.82, 2.24) is 4.57 Å². The number of benzene rings is 17. The Labute approximate surface area is 608 Å². The van der Waals surface area contributed by atoms with Crippen molar-refractivity contribution < 1.29 is 0 Å². The molecule has 492 valence electrons. The van der Waals surface area contributed by atoms with Crippen molar-refractivity contribution in [2.45, 2.75) is 52.4 Å². The van der Waals surface area contributed by atoms with Gasteiger partial charge in [0.05, 0.1) is 28.1 Å². The topological polar surface area (TPSA) is 11.4 Å². The maximum absolute atomic E-state index is 2.74. The number of anilines is 6. The van der Waals surface area contributed by atoms with Gasteiger partial charge in [0.2, 0.25) is 0 Å². The maximum atomic E-state index is 2.74. The highest BCUT2D eigenvalue weighted by Crippen LogP contribution is 2.56. The molecule has 0 saturated heterocycles. The third-order valence-corrected chi connectivity index (χ3v) is 22.6. The Balaban J connectivity index is 0.988. The van der Waals surface area contributed by atoms with E-state index in [9.17, 15) is 0 Å². The number of nitrogens with zero attached hydrogens (tertiary/aromatic N) is 3. The van der Waals surface area contributed by atoms with E-state index in [0.717, 1.165) is 89.8 Å². The normalized spacial score (nSPS) is 12.8. The molecule has 2 aliphatic heterocycles. The number of fused-ring (bicyclic) bond motifs is 9. The SMILES string of the molecule is CC(C)(C)c1cc(-c2ccccc2)c(N2c3ccc(-c4ccccc4)cc3B3c4ccc(-c5ccc6c7cccc8cccc(c9cccc5c96)c87)cc4N(c4c(-c5ccccc5)cc(C(C)(C)C)cc4-c4ccccc4)c4cc(-n5c6ccccc6c6ccccc65)cc2c43)c(-c2ccccc2)c1. The molecule has 3 heterocycles. The lowest BCUT2D eigenvalue weighted by atomic mass is 9.33. The molecular weight excluding hydrogens is 1250 g/mol. The minimum atomic E-state index is -0.265. The van der Waals surface area contributed by atoms with Crippen molar-refractivity contribution in [2.24, 2.45) is 0 Å². The van der Waals surface area contributed by atoms with Crippen LogP contribution >= 0.6 is 0 Å². The van der Waals surface area contributed by atoms with Crippen molar-refractivity contribution in [2.75, 3.05) is 9.80 Å². The van der Waals surface area contributed by atoms with Crippen LogP contribution in [0.5, 0.6) is 0 Å². The van der Waals surface area contributed by atoms with Gasteiger partial charge in [-0.2, -0.15) is 0 Å². The van der Waals surface area contributed by atoms with Gasteiger partial charge in [0.15, 0.2) is 0 Å². The highest BCUT2D eigenvalue weighted by atomic mass is 15.2. The molecule has 20 rings (SSSR count). The number of para-hydroxylation sites is 2. The second-order valence-corrected chi connectivity index (χ2v) is 30.7. The zero-order valence-electron chi connectivity index (χ0n) is 59.3. The molecule has 0 atom stereocenters. The lowest BCUT2D eigenvalue weighted by Crippen LogP contribution is -2.61. The van der Waals surface area contributed by atoms with Crippen molar-refractivity contribution in [3.8, 4) is 72.4 Å². The van der Waals surface area contributed by atoms with E-state index >= 15 is 0 Å². The van der Waals surface area contributed by atoms with Crippen molar-refractivity contribution in [1.29, 1.82) is 0 Å². The summed E-state index contributed by atoms with van der Waals surface area (Å²) in [4.78, 5) is 5.45. The van der Waals surface area contributed by atoms with E-state index in [1.165, 1.54) is 109 Å². The predicted octanol–water partition coefficient (Wildman–Crippen LogP) is 25.5. The third-order valence-electron chi connectivity index (χ3n) is 22.6. The second kappa shape index (κ2) is 23.5. The molecule has 0 unspecified atom stereocenters. The van der Waals surface area contributed by atoms with E-state index < -0.39 is 0 Å².